The van der Waals surface area contributed by atoms with Gasteiger partial charge in [0.05, 0.1) is 17.6 Å². The standard InChI is InChI=1S/C16H17N3O3S2/c1-2-22-15(21)16(19-14(20)12-4-3-7-23-12)11(8-17)10-5-6-18-9-13(10)24-16/h3-4,7,11,18H,2,5-6,9H2,1H3,(H,19,20). The van der Waals surface area contributed by atoms with Gasteiger partial charge in [0.2, 0.25) is 4.87 Å². The Bertz CT molecular complexity index is 723. The van der Waals surface area contributed by atoms with Crippen molar-refractivity contribution in [1.82, 2.24) is 10.6 Å². The molecule has 0 fully saturated rings. The zero-order valence-corrected chi connectivity index (χ0v) is 14.8. The van der Waals surface area contributed by atoms with Gasteiger partial charge in [0.25, 0.3) is 5.91 Å². The highest BCUT2D eigenvalue weighted by atomic mass is 32.2. The number of thiophene rings is 1. The van der Waals surface area contributed by atoms with Crippen molar-refractivity contribution in [2.24, 2.45) is 5.92 Å². The van der Waals surface area contributed by atoms with Gasteiger partial charge in [-0.15, -0.1) is 11.3 Å². The molecule has 0 aromatic carbocycles. The number of ether oxygens (including phenoxy) is 1. The molecule has 126 valence electrons. The second-order valence-corrected chi connectivity index (χ2v) is 7.72. The molecular weight excluding hydrogens is 346 g/mol. The Morgan fingerprint density at radius 2 is 2.42 bits per heavy atom. The maximum Gasteiger partial charge on any atom is 0.344 e. The zero-order chi connectivity index (χ0) is 17.2. The lowest BCUT2D eigenvalue weighted by molar-refractivity contribution is -0.147. The van der Waals surface area contributed by atoms with Crippen LogP contribution in [0.2, 0.25) is 0 Å². The van der Waals surface area contributed by atoms with E-state index in [1.165, 1.54) is 23.1 Å². The van der Waals surface area contributed by atoms with E-state index >= 15 is 0 Å². The number of nitriles is 1. The lowest BCUT2D eigenvalue weighted by atomic mass is 9.88. The van der Waals surface area contributed by atoms with Crippen molar-refractivity contribution in [3.05, 3.63) is 32.9 Å². The molecule has 3 rings (SSSR count). The summed E-state index contributed by atoms with van der Waals surface area (Å²) in [5.74, 6) is -1.65. The van der Waals surface area contributed by atoms with E-state index in [1.54, 1.807) is 24.4 Å². The summed E-state index contributed by atoms with van der Waals surface area (Å²) < 4.78 is 5.22. The molecule has 6 nitrogen and oxygen atoms in total. The van der Waals surface area contributed by atoms with Crippen LogP contribution in [0, 0.1) is 17.2 Å². The highest BCUT2D eigenvalue weighted by Gasteiger charge is 2.57. The van der Waals surface area contributed by atoms with Crippen LogP contribution in [0.1, 0.15) is 23.0 Å². The van der Waals surface area contributed by atoms with Crippen LogP contribution in [0.3, 0.4) is 0 Å². The van der Waals surface area contributed by atoms with E-state index in [1.807, 2.05) is 0 Å². The van der Waals surface area contributed by atoms with E-state index < -0.39 is 16.8 Å². The minimum Gasteiger partial charge on any atom is -0.464 e. The Balaban J connectivity index is 1.96. The molecule has 1 amide bonds. The fraction of sp³-hybridized carbons (Fsp3) is 0.438. The SMILES string of the molecule is CCOC(=O)C1(NC(=O)c2cccs2)SC2=C(CCNC2)C1C#N. The molecule has 2 aliphatic rings. The molecule has 0 bridgehead atoms. The molecule has 24 heavy (non-hydrogen) atoms. The van der Waals surface area contributed by atoms with Gasteiger partial charge in [0.1, 0.15) is 5.92 Å². The van der Waals surface area contributed by atoms with E-state index in [2.05, 4.69) is 16.7 Å². The highest BCUT2D eigenvalue weighted by molar-refractivity contribution is 8.05. The average molecular weight is 363 g/mol. The summed E-state index contributed by atoms with van der Waals surface area (Å²) in [6.07, 6.45) is 0.691. The van der Waals surface area contributed by atoms with E-state index in [4.69, 9.17) is 4.74 Å². The van der Waals surface area contributed by atoms with Crippen LogP contribution < -0.4 is 10.6 Å². The third-order valence-corrected chi connectivity index (χ3v) is 6.35. The molecule has 0 aliphatic carbocycles. The van der Waals surface area contributed by atoms with Gasteiger partial charge in [-0.1, -0.05) is 17.8 Å². The first-order valence-corrected chi connectivity index (χ1v) is 9.36. The molecule has 8 heteroatoms. The largest absolute Gasteiger partial charge is 0.464 e. The molecule has 3 heterocycles. The quantitative estimate of drug-likeness (QED) is 0.794. The lowest BCUT2D eigenvalue weighted by Gasteiger charge is -2.30. The van der Waals surface area contributed by atoms with Crippen molar-refractivity contribution >= 4 is 35.0 Å². The number of nitrogens with one attached hydrogen (secondary N) is 2. The smallest absolute Gasteiger partial charge is 0.344 e. The van der Waals surface area contributed by atoms with E-state index in [-0.39, 0.29) is 12.5 Å². The van der Waals surface area contributed by atoms with E-state index in [0.717, 1.165) is 17.0 Å². The van der Waals surface area contributed by atoms with Crippen LogP contribution in [0.15, 0.2) is 28.0 Å². The van der Waals surface area contributed by atoms with Gasteiger partial charge in [-0.3, -0.25) is 4.79 Å². The summed E-state index contributed by atoms with van der Waals surface area (Å²) in [4.78, 5) is 25.3. The third kappa shape index (κ3) is 2.83. The Kier molecular flexibility index (Phi) is 4.94. The van der Waals surface area contributed by atoms with Crippen LogP contribution in [-0.4, -0.2) is 36.4 Å². The number of hydrogen-bond donors (Lipinski definition) is 2. The summed E-state index contributed by atoms with van der Waals surface area (Å²) in [5.41, 5.74) is 0.931. The van der Waals surface area contributed by atoms with Gasteiger partial charge in [0.15, 0.2) is 0 Å². The molecule has 2 atom stereocenters. The molecular formula is C16H17N3O3S2. The predicted octanol–water partition coefficient (Wildman–Crippen LogP) is 1.87. The van der Waals surface area contributed by atoms with Gasteiger partial charge < -0.3 is 15.4 Å². The molecule has 0 saturated carbocycles. The average Bonchev–Trinajstić information content (AvgIpc) is 3.21. The van der Waals surface area contributed by atoms with Crippen molar-refractivity contribution in [3.63, 3.8) is 0 Å². The van der Waals surface area contributed by atoms with Crippen LogP contribution in [0.4, 0.5) is 0 Å². The summed E-state index contributed by atoms with van der Waals surface area (Å²) >= 11 is 2.53. The number of carbonyl (C=O) groups excluding carboxylic acids is 2. The number of rotatable bonds is 4. The first kappa shape index (κ1) is 17.0. The molecule has 0 saturated heterocycles. The topological polar surface area (TPSA) is 91.2 Å². The molecule has 1 aromatic heterocycles. The number of esters is 1. The van der Waals surface area contributed by atoms with Gasteiger partial charge in [0, 0.05) is 11.4 Å². The first-order chi connectivity index (χ1) is 11.6. The van der Waals surface area contributed by atoms with Crippen molar-refractivity contribution < 1.29 is 14.3 Å². The molecule has 1 aromatic rings. The Morgan fingerprint density at radius 1 is 1.58 bits per heavy atom. The number of nitrogens with zero attached hydrogens (tertiary/aromatic N) is 1. The van der Waals surface area contributed by atoms with Gasteiger partial charge in [-0.25, -0.2) is 4.79 Å². The molecule has 2 aliphatic heterocycles. The normalized spacial score (nSPS) is 25.8. The van der Waals surface area contributed by atoms with Crippen LogP contribution in [-0.2, 0) is 9.53 Å². The Morgan fingerprint density at radius 3 is 3.08 bits per heavy atom. The third-order valence-electron chi connectivity index (χ3n) is 4.01. The van der Waals surface area contributed by atoms with Crippen molar-refractivity contribution in [2.75, 3.05) is 19.7 Å². The summed E-state index contributed by atoms with van der Waals surface area (Å²) in [7, 11) is 0. The molecule has 2 N–H and O–H groups in total. The summed E-state index contributed by atoms with van der Waals surface area (Å²) in [6.45, 7) is 3.27. The monoisotopic (exact) mass is 363 g/mol. The maximum atomic E-state index is 12.7. The van der Waals surface area contributed by atoms with Gasteiger partial charge in [-0.05, 0) is 36.9 Å². The van der Waals surface area contributed by atoms with Gasteiger partial charge in [-0.2, -0.15) is 5.26 Å². The Hall–Kier alpha value is -1.82. The number of amides is 1. The number of thioether (sulfide) groups is 1. The fourth-order valence-electron chi connectivity index (χ4n) is 2.94. The van der Waals surface area contributed by atoms with Crippen LogP contribution in [0.5, 0.6) is 0 Å². The van der Waals surface area contributed by atoms with Crippen LogP contribution >= 0.6 is 23.1 Å². The zero-order valence-electron chi connectivity index (χ0n) is 13.1. The molecule has 0 radical (unpaired) electrons. The second kappa shape index (κ2) is 6.97. The minimum absolute atomic E-state index is 0.192. The number of carbonyl (C=O) groups is 2. The van der Waals surface area contributed by atoms with Gasteiger partial charge >= 0.3 is 5.97 Å². The van der Waals surface area contributed by atoms with Crippen molar-refractivity contribution in [1.29, 1.82) is 5.26 Å². The predicted molar refractivity (Wildman–Crippen MR) is 92.4 cm³/mol. The maximum absolute atomic E-state index is 12.7. The summed E-state index contributed by atoms with van der Waals surface area (Å²) in [5, 5.41) is 17.6. The summed E-state index contributed by atoms with van der Waals surface area (Å²) in [6, 6.07) is 5.69. The second-order valence-electron chi connectivity index (χ2n) is 5.43. The minimum atomic E-state index is -1.41. The highest BCUT2D eigenvalue weighted by Crippen LogP contribution is 2.51. The van der Waals surface area contributed by atoms with Crippen LogP contribution in [0.25, 0.3) is 0 Å². The van der Waals surface area contributed by atoms with E-state index in [9.17, 15) is 14.9 Å². The molecule has 2 unspecified atom stereocenters. The lowest BCUT2D eigenvalue weighted by Crippen LogP contribution is -2.56. The van der Waals surface area contributed by atoms with E-state index in [0.29, 0.717) is 17.8 Å². The van der Waals surface area contributed by atoms with Crippen molar-refractivity contribution in [2.45, 2.75) is 18.2 Å². The van der Waals surface area contributed by atoms with Crippen molar-refractivity contribution in [3.8, 4) is 6.07 Å². The number of hydrogen-bond acceptors (Lipinski definition) is 7. The first-order valence-electron chi connectivity index (χ1n) is 7.67. The molecule has 0 spiro atoms. The Labute approximate surface area is 148 Å². The fourth-order valence-corrected chi connectivity index (χ4v) is 5.07.